The van der Waals surface area contributed by atoms with Crippen molar-refractivity contribution in [1.82, 2.24) is 10.2 Å². The summed E-state index contributed by atoms with van der Waals surface area (Å²) in [5, 5.41) is 2.95. The summed E-state index contributed by atoms with van der Waals surface area (Å²) in [5.74, 6) is -0.552. The Kier molecular flexibility index (Phi) is 6.79. The summed E-state index contributed by atoms with van der Waals surface area (Å²) in [6.45, 7) is 6.59. The zero-order valence-electron chi connectivity index (χ0n) is 12.0. The number of nitrogens with one attached hydrogen (secondary N) is 1. The zero-order chi connectivity index (χ0) is 15.3. The molecule has 2 atom stereocenters. The minimum absolute atomic E-state index is 0.236. The minimum atomic E-state index is -4.24. The Morgan fingerprint density at radius 1 is 1.37 bits per heavy atom. The number of alkyl halides is 3. The van der Waals surface area contributed by atoms with Gasteiger partial charge < -0.3 is 11.1 Å². The van der Waals surface area contributed by atoms with Crippen LogP contribution in [0.4, 0.5) is 13.2 Å². The molecular formula is C12H24F3N3O. The predicted molar refractivity (Wildman–Crippen MR) is 68.7 cm³/mol. The molecule has 0 aromatic carbocycles. The van der Waals surface area contributed by atoms with Gasteiger partial charge >= 0.3 is 6.18 Å². The number of carbonyl (C=O) groups excluding carboxylic acids is 1. The highest BCUT2D eigenvalue weighted by Crippen LogP contribution is 2.21. The number of amides is 1. The van der Waals surface area contributed by atoms with Gasteiger partial charge in [0.05, 0.1) is 12.1 Å². The molecule has 4 nitrogen and oxygen atoms in total. The Hall–Kier alpha value is -0.820. The smallest absolute Gasteiger partial charge is 0.368 e. The molecule has 0 bridgehead atoms. The summed E-state index contributed by atoms with van der Waals surface area (Å²) in [6, 6.07) is -0.400. The van der Waals surface area contributed by atoms with E-state index in [1.165, 1.54) is 4.90 Å². The number of halogens is 3. The Morgan fingerprint density at radius 3 is 2.21 bits per heavy atom. The fourth-order valence-corrected chi connectivity index (χ4v) is 2.18. The van der Waals surface area contributed by atoms with Crippen LogP contribution in [0.2, 0.25) is 0 Å². The third-order valence-electron chi connectivity index (χ3n) is 3.23. The van der Waals surface area contributed by atoms with E-state index in [0.717, 1.165) is 0 Å². The molecule has 7 heteroatoms. The Labute approximate surface area is 112 Å². The first-order valence-corrected chi connectivity index (χ1v) is 6.41. The predicted octanol–water partition coefficient (Wildman–Crippen LogP) is 1.50. The van der Waals surface area contributed by atoms with Gasteiger partial charge in [-0.05, 0) is 33.4 Å². The van der Waals surface area contributed by atoms with Crippen LogP contribution in [0.5, 0.6) is 0 Å². The van der Waals surface area contributed by atoms with Gasteiger partial charge in [0.2, 0.25) is 5.91 Å². The van der Waals surface area contributed by atoms with Crippen LogP contribution in [0.1, 0.15) is 34.1 Å². The van der Waals surface area contributed by atoms with Gasteiger partial charge in [0.1, 0.15) is 0 Å². The van der Waals surface area contributed by atoms with E-state index in [1.807, 2.05) is 6.92 Å². The molecule has 0 aliphatic rings. The van der Waals surface area contributed by atoms with Crippen molar-refractivity contribution < 1.29 is 18.0 Å². The number of carbonyl (C=O) groups is 1. The number of hydrogen-bond donors (Lipinski definition) is 2. The summed E-state index contributed by atoms with van der Waals surface area (Å²) in [6.07, 6.45) is -4.01. The van der Waals surface area contributed by atoms with Gasteiger partial charge in [-0.2, -0.15) is 13.2 Å². The average Bonchev–Trinajstić information content (AvgIpc) is 2.24. The van der Waals surface area contributed by atoms with Crippen molar-refractivity contribution >= 4 is 5.91 Å². The first kappa shape index (κ1) is 18.2. The van der Waals surface area contributed by atoms with Crippen molar-refractivity contribution in [3.8, 4) is 0 Å². The third kappa shape index (κ3) is 6.24. The second-order valence-corrected chi connectivity index (χ2v) is 4.96. The molecule has 0 aliphatic heterocycles. The SMILES string of the molecule is CCNC(C)(CC(C)N(CC)CC(F)(F)F)C(N)=O. The number of nitrogens with two attached hydrogens (primary N) is 1. The highest BCUT2D eigenvalue weighted by atomic mass is 19.4. The van der Waals surface area contributed by atoms with E-state index in [4.69, 9.17) is 5.73 Å². The molecule has 0 aromatic rings. The summed E-state index contributed by atoms with van der Waals surface area (Å²) in [7, 11) is 0. The number of primary amides is 1. The number of likely N-dealkylation sites (N-methyl/N-ethyl adjacent to an activating group) is 1. The summed E-state index contributed by atoms with van der Waals surface area (Å²) >= 11 is 0. The second kappa shape index (κ2) is 7.09. The van der Waals surface area contributed by atoms with E-state index in [9.17, 15) is 18.0 Å². The molecular weight excluding hydrogens is 259 g/mol. The quantitative estimate of drug-likeness (QED) is 0.710. The van der Waals surface area contributed by atoms with Crippen molar-refractivity contribution in [3.63, 3.8) is 0 Å². The zero-order valence-corrected chi connectivity index (χ0v) is 12.0. The molecule has 0 rings (SSSR count). The lowest BCUT2D eigenvalue weighted by molar-refractivity contribution is -0.150. The number of rotatable bonds is 8. The van der Waals surface area contributed by atoms with Crippen LogP contribution in [0.3, 0.4) is 0 Å². The van der Waals surface area contributed by atoms with Gasteiger partial charge in [-0.25, -0.2) is 0 Å². The molecule has 0 heterocycles. The maximum Gasteiger partial charge on any atom is 0.401 e. The second-order valence-electron chi connectivity index (χ2n) is 4.96. The summed E-state index contributed by atoms with van der Waals surface area (Å²) < 4.78 is 37.3. The standard InChI is InChI=1S/C12H24F3N3O/c1-5-17-11(4,10(16)19)7-9(3)18(6-2)8-12(13,14)15/h9,17H,5-8H2,1-4H3,(H2,16,19). The van der Waals surface area contributed by atoms with Crippen molar-refractivity contribution in [3.05, 3.63) is 0 Å². The van der Waals surface area contributed by atoms with E-state index in [0.29, 0.717) is 6.54 Å². The molecule has 0 saturated heterocycles. The first-order chi connectivity index (χ1) is 8.55. The fourth-order valence-electron chi connectivity index (χ4n) is 2.18. The Bertz CT molecular complexity index is 296. The van der Waals surface area contributed by atoms with E-state index in [1.54, 1.807) is 20.8 Å². The van der Waals surface area contributed by atoms with Crippen LogP contribution in [0, 0.1) is 0 Å². The number of nitrogens with zero attached hydrogens (tertiary/aromatic N) is 1. The van der Waals surface area contributed by atoms with E-state index in [-0.39, 0.29) is 13.0 Å². The fraction of sp³-hybridized carbons (Fsp3) is 0.917. The summed E-state index contributed by atoms with van der Waals surface area (Å²) in [5.41, 5.74) is 4.34. The largest absolute Gasteiger partial charge is 0.401 e. The van der Waals surface area contributed by atoms with Crippen LogP contribution < -0.4 is 11.1 Å². The molecule has 2 unspecified atom stereocenters. The molecule has 3 N–H and O–H groups in total. The van der Waals surface area contributed by atoms with Gasteiger partial charge in [-0.3, -0.25) is 9.69 Å². The van der Waals surface area contributed by atoms with Crippen molar-refractivity contribution in [1.29, 1.82) is 0 Å². The third-order valence-corrected chi connectivity index (χ3v) is 3.23. The number of hydrogen-bond acceptors (Lipinski definition) is 3. The highest BCUT2D eigenvalue weighted by Gasteiger charge is 2.37. The van der Waals surface area contributed by atoms with Crippen LogP contribution in [0.15, 0.2) is 0 Å². The maximum atomic E-state index is 12.4. The van der Waals surface area contributed by atoms with Crippen LogP contribution in [0.25, 0.3) is 0 Å². The minimum Gasteiger partial charge on any atom is -0.368 e. The van der Waals surface area contributed by atoms with Crippen LogP contribution in [-0.2, 0) is 4.79 Å². The van der Waals surface area contributed by atoms with Gasteiger partial charge in [0.15, 0.2) is 0 Å². The van der Waals surface area contributed by atoms with E-state index >= 15 is 0 Å². The van der Waals surface area contributed by atoms with Gasteiger partial charge in [-0.15, -0.1) is 0 Å². The molecule has 0 spiro atoms. The lowest BCUT2D eigenvalue weighted by atomic mass is 9.92. The molecule has 0 radical (unpaired) electrons. The monoisotopic (exact) mass is 283 g/mol. The first-order valence-electron chi connectivity index (χ1n) is 6.41. The van der Waals surface area contributed by atoms with E-state index < -0.39 is 30.2 Å². The Balaban J connectivity index is 4.78. The average molecular weight is 283 g/mol. The molecule has 0 saturated carbocycles. The topological polar surface area (TPSA) is 58.4 Å². The van der Waals surface area contributed by atoms with Gasteiger partial charge in [-0.1, -0.05) is 13.8 Å². The van der Waals surface area contributed by atoms with Crippen molar-refractivity contribution in [2.24, 2.45) is 5.73 Å². The van der Waals surface area contributed by atoms with Crippen molar-refractivity contribution in [2.75, 3.05) is 19.6 Å². The van der Waals surface area contributed by atoms with Crippen LogP contribution in [-0.4, -0.2) is 48.2 Å². The highest BCUT2D eigenvalue weighted by molar-refractivity contribution is 5.84. The molecule has 0 fully saturated rings. The maximum absolute atomic E-state index is 12.4. The van der Waals surface area contributed by atoms with E-state index in [2.05, 4.69) is 5.32 Å². The molecule has 0 aliphatic carbocycles. The van der Waals surface area contributed by atoms with Crippen LogP contribution >= 0.6 is 0 Å². The molecule has 1 amide bonds. The van der Waals surface area contributed by atoms with Gasteiger partial charge in [0.25, 0.3) is 0 Å². The molecule has 19 heavy (non-hydrogen) atoms. The molecule has 114 valence electrons. The Morgan fingerprint density at radius 2 is 1.89 bits per heavy atom. The molecule has 0 aromatic heterocycles. The normalized spacial score (nSPS) is 17.3. The van der Waals surface area contributed by atoms with Crippen molar-refractivity contribution in [2.45, 2.75) is 51.9 Å². The lowest BCUT2D eigenvalue weighted by Crippen LogP contribution is -2.56. The van der Waals surface area contributed by atoms with Gasteiger partial charge in [0, 0.05) is 6.04 Å². The lowest BCUT2D eigenvalue weighted by Gasteiger charge is -2.35. The summed E-state index contributed by atoms with van der Waals surface area (Å²) in [4.78, 5) is 12.8.